The van der Waals surface area contributed by atoms with Crippen LogP contribution in [-0.4, -0.2) is 26.2 Å². The zero-order chi connectivity index (χ0) is 25.9. The van der Waals surface area contributed by atoms with Crippen molar-refractivity contribution in [1.29, 1.82) is 0 Å². The van der Waals surface area contributed by atoms with E-state index in [2.05, 4.69) is 21.8 Å². The van der Waals surface area contributed by atoms with Gasteiger partial charge in [0.2, 0.25) is 0 Å². The molecule has 0 radical (unpaired) electrons. The first-order valence-corrected chi connectivity index (χ1v) is 11.6. The average molecular weight is 495 g/mol. The van der Waals surface area contributed by atoms with Gasteiger partial charge in [-0.05, 0) is 82.9 Å². The van der Waals surface area contributed by atoms with Crippen LogP contribution < -0.4 is 4.90 Å². The van der Waals surface area contributed by atoms with Crippen LogP contribution in [0.4, 0.5) is 24.5 Å². The first-order valence-electron chi connectivity index (χ1n) is 11.6. The molecule has 0 amide bonds. The Bertz CT molecular complexity index is 1310. The summed E-state index contributed by atoms with van der Waals surface area (Å²) in [4.78, 5) is 17.8. The summed E-state index contributed by atoms with van der Waals surface area (Å²) < 4.78 is 44.9. The van der Waals surface area contributed by atoms with Gasteiger partial charge in [0.25, 0.3) is 0 Å². The van der Waals surface area contributed by atoms with E-state index in [9.17, 15) is 23.5 Å². The van der Waals surface area contributed by atoms with E-state index in [-0.39, 0.29) is 16.8 Å². The van der Waals surface area contributed by atoms with E-state index in [1.165, 1.54) is 25.3 Å². The van der Waals surface area contributed by atoms with E-state index in [0.29, 0.717) is 22.6 Å². The van der Waals surface area contributed by atoms with Gasteiger partial charge < -0.3 is 9.64 Å². The molecule has 0 bridgehead atoms. The quantitative estimate of drug-likeness (QED) is 0.156. The normalized spacial score (nSPS) is 14.3. The molecule has 0 N–H and O–H groups in total. The molecule has 36 heavy (non-hydrogen) atoms. The third-order valence-corrected chi connectivity index (χ3v) is 6.51. The molecule has 186 valence electrons. The van der Waals surface area contributed by atoms with Crippen molar-refractivity contribution in [3.8, 4) is 22.3 Å². The number of anilines is 1. The number of ether oxygens (including phenoxy) is 1. The number of piperidine rings is 1. The lowest BCUT2D eigenvalue weighted by atomic mass is 9.93. The maximum absolute atomic E-state index is 13.3. The van der Waals surface area contributed by atoms with Crippen molar-refractivity contribution >= 4 is 17.3 Å². The van der Waals surface area contributed by atoms with E-state index in [1.54, 1.807) is 6.07 Å². The van der Waals surface area contributed by atoms with Gasteiger partial charge >= 0.3 is 12.1 Å². The van der Waals surface area contributed by atoms with Crippen LogP contribution in [0.2, 0.25) is 0 Å². The lowest BCUT2D eigenvalue weighted by Gasteiger charge is -2.32. The van der Waals surface area contributed by atoms with E-state index in [4.69, 9.17) is 4.74 Å². The van der Waals surface area contributed by atoms with E-state index in [0.717, 1.165) is 43.8 Å². The van der Waals surface area contributed by atoms with Crippen LogP contribution in [-0.2, 0) is 10.9 Å². The molecular weight excluding hydrogens is 469 g/mol. The molecule has 1 aliphatic rings. The summed E-state index contributed by atoms with van der Waals surface area (Å²) in [6.07, 6.45) is -2.29. The first-order chi connectivity index (χ1) is 17.2. The van der Waals surface area contributed by atoms with Crippen LogP contribution in [0.1, 0.15) is 35.7 Å². The number of carbonyl (C=O) groups excluding carboxylic acids is 1. The van der Waals surface area contributed by atoms with Crippen molar-refractivity contribution < 1.29 is 22.7 Å². The molecular formula is C27H25F3N4O2. The molecule has 1 saturated heterocycles. The van der Waals surface area contributed by atoms with Gasteiger partial charge in [-0.3, -0.25) is 0 Å². The maximum atomic E-state index is 13.3. The molecule has 1 heterocycles. The van der Waals surface area contributed by atoms with E-state index < -0.39 is 17.7 Å². The molecule has 9 heteroatoms. The first kappa shape index (κ1) is 25.1. The number of carbonyl (C=O) groups is 1. The number of alkyl halides is 3. The van der Waals surface area contributed by atoms with Crippen LogP contribution in [0.5, 0.6) is 0 Å². The zero-order valence-corrected chi connectivity index (χ0v) is 19.9. The second-order valence-electron chi connectivity index (χ2n) is 8.90. The van der Waals surface area contributed by atoms with Gasteiger partial charge in [0, 0.05) is 23.7 Å². The van der Waals surface area contributed by atoms with Crippen molar-refractivity contribution in [2.75, 3.05) is 25.1 Å². The maximum Gasteiger partial charge on any atom is 0.416 e. The fourth-order valence-electron chi connectivity index (χ4n) is 4.43. The smallest absolute Gasteiger partial charge is 0.416 e. The lowest BCUT2D eigenvalue weighted by molar-refractivity contribution is -0.137. The third kappa shape index (κ3) is 5.31. The molecule has 0 unspecified atom stereocenters. The summed E-state index contributed by atoms with van der Waals surface area (Å²) >= 11 is 0. The molecule has 1 aliphatic heterocycles. The summed E-state index contributed by atoms with van der Waals surface area (Å²) in [5, 5.41) is 3.75. The van der Waals surface area contributed by atoms with Gasteiger partial charge in [-0.25, -0.2) is 4.79 Å². The number of hydrogen-bond donors (Lipinski definition) is 0. The van der Waals surface area contributed by atoms with Gasteiger partial charge in [-0.1, -0.05) is 36.3 Å². The topological polar surface area (TPSA) is 78.3 Å². The highest BCUT2D eigenvalue weighted by atomic mass is 19.4. The average Bonchev–Trinajstić information content (AvgIpc) is 2.88. The molecule has 3 aromatic rings. The van der Waals surface area contributed by atoms with Crippen molar-refractivity contribution in [2.24, 2.45) is 11.0 Å². The van der Waals surface area contributed by atoms with Gasteiger partial charge in [-0.15, -0.1) is 0 Å². The predicted octanol–water partition coefficient (Wildman–Crippen LogP) is 8.00. The molecule has 0 aromatic heterocycles. The van der Waals surface area contributed by atoms with Crippen molar-refractivity contribution in [3.63, 3.8) is 0 Å². The number of esters is 1. The fourth-order valence-corrected chi connectivity index (χ4v) is 4.43. The van der Waals surface area contributed by atoms with Gasteiger partial charge in [0.1, 0.15) is 0 Å². The Balaban J connectivity index is 1.84. The molecule has 0 aliphatic carbocycles. The SMILES string of the molecule is COC(=O)c1cc(-c2cccc(C(F)(F)F)c2)cc(-c2ccc(N3CCC(C)CC3)cc2)c1N=[N+]=[N-]. The summed E-state index contributed by atoms with van der Waals surface area (Å²) in [5.74, 6) is -0.0613. The summed E-state index contributed by atoms with van der Waals surface area (Å²) in [6.45, 7) is 4.16. The Kier molecular flexibility index (Phi) is 7.22. The second kappa shape index (κ2) is 10.3. The molecule has 3 aromatic carbocycles. The molecule has 0 saturated carbocycles. The Morgan fingerprint density at radius 3 is 2.33 bits per heavy atom. The van der Waals surface area contributed by atoms with Crippen LogP contribution in [0.3, 0.4) is 0 Å². The van der Waals surface area contributed by atoms with Crippen LogP contribution in [0.25, 0.3) is 32.7 Å². The Morgan fingerprint density at radius 2 is 1.72 bits per heavy atom. The molecule has 4 rings (SSSR count). The van der Waals surface area contributed by atoms with Crippen molar-refractivity contribution in [3.05, 3.63) is 82.2 Å². The molecule has 0 atom stereocenters. The van der Waals surface area contributed by atoms with E-state index >= 15 is 0 Å². The van der Waals surface area contributed by atoms with Gasteiger partial charge in [-0.2, -0.15) is 13.2 Å². The number of azide groups is 1. The number of hydrogen-bond acceptors (Lipinski definition) is 4. The lowest BCUT2D eigenvalue weighted by Crippen LogP contribution is -2.32. The minimum Gasteiger partial charge on any atom is -0.465 e. The van der Waals surface area contributed by atoms with Gasteiger partial charge in [0.05, 0.1) is 23.9 Å². The zero-order valence-electron chi connectivity index (χ0n) is 19.9. The van der Waals surface area contributed by atoms with Gasteiger partial charge in [0.15, 0.2) is 0 Å². The Morgan fingerprint density at radius 1 is 1.03 bits per heavy atom. The third-order valence-electron chi connectivity index (χ3n) is 6.51. The predicted molar refractivity (Wildman–Crippen MR) is 133 cm³/mol. The number of methoxy groups -OCH3 is 1. The standard InChI is InChI=1S/C27H25F3N4O2/c1-17-10-12-34(13-11-17)22-8-6-18(7-9-22)23-15-20(16-24(26(35)36-2)25(23)32-33-31)19-4-3-5-21(14-19)27(28,29)30/h3-9,14-17H,10-13H2,1-2H3. The van der Waals surface area contributed by atoms with Crippen LogP contribution >= 0.6 is 0 Å². The molecule has 0 spiro atoms. The minimum absolute atomic E-state index is 0.0330. The van der Waals surface area contributed by atoms with Crippen LogP contribution in [0, 0.1) is 5.92 Å². The minimum atomic E-state index is -4.52. The highest BCUT2D eigenvalue weighted by Crippen LogP contribution is 2.40. The number of rotatable bonds is 5. The molecule has 1 fully saturated rings. The second-order valence-corrected chi connectivity index (χ2v) is 8.90. The summed E-state index contributed by atoms with van der Waals surface area (Å²) in [6, 6.07) is 15.5. The Hall–Kier alpha value is -3.97. The van der Waals surface area contributed by atoms with E-state index in [1.807, 2.05) is 24.3 Å². The number of nitrogens with zero attached hydrogens (tertiary/aromatic N) is 4. The number of halogens is 3. The fraction of sp³-hybridized carbons (Fsp3) is 0.296. The summed E-state index contributed by atoms with van der Waals surface area (Å²) in [7, 11) is 1.19. The molecule has 6 nitrogen and oxygen atoms in total. The monoisotopic (exact) mass is 494 g/mol. The Labute approximate surface area is 206 Å². The highest BCUT2D eigenvalue weighted by Gasteiger charge is 2.30. The summed E-state index contributed by atoms with van der Waals surface area (Å²) in [5.41, 5.74) is 11.2. The van der Waals surface area contributed by atoms with Crippen molar-refractivity contribution in [2.45, 2.75) is 25.9 Å². The largest absolute Gasteiger partial charge is 0.465 e. The van der Waals surface area contributed by atoms with Crippen LogP contribution in [0.15, 0.2) is 65.8 Å². The van der Waals surface area contributed by atoms with Crippen molar-refractivity contribution in [1.82, 2.24) is 0 Å². The number of benzene rings is 3. The highest BCUT2D eigenvalue weighted by molar-refractivity contribution is 6.01.